The number of aliphatic hydroxyl groups is 1. The molecule has 0 bridgehead atoms. The molecule has 0 spiro atoms. The summed E-state index contributed by atoms with van der Waals surface area (Å²) in [6.45, 7) is 0. The molecule has 2 aromatic heterocycles. The van der Waals surface area contributed by atoms with Crippen LogP contribution in [0.1, 0.15) is 53.1 Å². The van der Waals surface area contributed by atoms with Crippen LogP contribution in [0.4, 0.5) is 0 Å². The van der Waals surface area contributed by atoms with E-state index < -0.39 is 0 Å². The molecule has 6 heteroatoms. The second-order valence-corrected chi connectivity index (χ2v) is 7.16. The summed E-state index contributed by atoms with van der Waals surface area (Å²) in [5.74, 6) is 0.989. The van der Waals surface area contributed by atoms with Crippen LogP contribution in [0, 0.1) is 5.92 Å². The van der Waals surface area contributed by atoms with Gasteiger partial charge in [0.05, 0.1) is 6.10 Å². The molecule has 2 heterocycles. The molecule has 2 aliphatic carbocycles. The van der Waals surface area contributed by atoms with Gasteiger partial charge in [0.1, 0.15) is 5.76 Å². The Bertz CT molecular complexity index is 738. The van der Waals surface area contributed by atoms with Gasteiger partial charge in [0.2, 0.25) is 0 Å². The van der Waals surface area contributed by atoms with Crippen LogP contribution in [-0.4, -0.2) is 33.3 Å². The zero-order valence-electron chi connectivity index (χ0n) is 14.1. The summed E-state index contributed by atoms with van der Waals surface area (Å²) < 4.78 is 5.37. The lowest BCUT2D eigenvalue weighted by Gasteiger charge is -2.38. The highest BCUT2D eigenvalue weighted by Crippen LogP contribution is 2.32. The molecule has 132 valence electrons. The standard InChI is InChI=1S/C19H23N3O3/c23-14-10-13(11-14)16(9-12-5-7-20-8-6-12)21-19(24)18-15-3-1-2-4-17(15)25-22-18/h5-8,13-14,16,23H,1-4,9-11H2,(H,21,24)/t13?,14?,16-/m1/s1. The van der Waals surface area contributed by atoms with E-state index in [0.717, 1.165) is 61.8 Å². The van der Waals surface area contributed by atoms with E-state index in [0.29, 0.717) is 5.69 Å². The van der Waals surface area contributed by atoms with E-state index >= 15 is 0 Å². The number of amides is 1. The number of nitrogens with one attached hydrogen (secondary N) is 1. The Morgan fingerprint density at radius 2 is 2.04 bits per heavy atom. The molecular weight excluding hydrogens is 318 g/mol. The number of aryl methyl sites for hydroxylation is 1. The van der Waals surface area contributed by atoms with E-state index in [2.05, 4.69) is 15.5 Å². The van der Waals surface area contributed by atoms with Gasteiger partial charge in [-0.2, -0.15) is 0 Å². The van der Waals surface area contributed by atoms with Crippen LogP contribution in [0.3, 0.4) is 0 Å². The maximum absolute atomic E-state index is 12.8. The second-order valence-electron chi connectivity index (χ2n) is 7.16. The van der Waals surface area contributed by atoms with Crippen molar-refractivity contribution in [3.63, 3.8) is 0 Å². The number of rotatable bonds is 5. The van der Waals surface area contributed by atoms with Gasteiger partial charge in [0.15, 0.2) is 5.69 Å². The molecule has 0 saturated heterocycles. The van der Waals surface area contributed by atoms with Gasteiger partial charge in [-0.25, -0.2) is 0 Å². The summed E-state index contributed by atoms with van der Waals surface area (Å²) in [6.07, 6.45) is 9.35. The fraction of sp³-hybridized carbons (Fsp3) is 0.526. The lowest BCUT2D eigenvalue weighted by molar-refractivity contribution is 0.0238. The number of carbonyl (C=O) groups excluding carboxylic acids is 1. The second kappa shape index (κ2) is 6.96. The molecule has 1 amide bonds. The Morgan fingerprint density at radius 1 is 1.28 bits per heavy atom. The highest BCUT2D eigenvalue weighted by Gasteiger charge is 2.36. The van der Waals surface area contributed by atoms with Gasteiger partial charge in [-0.1, -0.05) is 5.16 Å². The van der Waals surface area contributed by atoms with Crippen LogP contribution in [0.5, 0.6) is 0 Å². The van der Waals surface area contributed by atoms with Crippen LogP contribution in [0.2, 0.25) is 0 Å². The summed E-state index contributed by atoms with van der Waals surface area (Å²) in [7, 11) is 0. The van der Waals surface area contributed by atoms with E-state index in [9.17, 15) is 9.90 Å². The summed E-state index contributed by atoms with van der Waals surface area (Å²) in [6, 6.07) is 3.91. The Morgan fingerprint density at radius 3 is 2.80 bits per heavy atom. The molecule has 1 saturated carbocycles. The number of carbonyl (C=O) groups is 1. The highest BCUT2D eigenvalue weighted by molar-refractivity contribution is 5.94. The van der Waals surface area contributed by atoms with Crippen molar-refractivity contribution >= 4 is 5.91 Å². The van der Waals surface area contributed by atoms with Crippen LogP contribution in [0.15, 0.2) is 29.0 Å². The molecule has 6 nitrogen and oxygen atoms in total. The van der Waals surface area contributed by atoms with Crippen molar-refractivity contribution in [2.24, 2.45) is 5.92 Å². The third-order valence-corrected chi connectivity index (χ3v) is 5.41. The van der Waals surface area contributed by atoms with Crippen molar-refractivity contribution in [3.05, 3.63) is 47.1 Å². The largest absolute Gasteiger partial charge is 0.393 e. The lowest BCUT2D eigenvalue weighted by atomic mass is 9.75. The first kappa shape index (κ1) is 16.3. The topological polar surface area (TPSA) is 88.2 Å². The number of hydrogen-bond donors (Lipinski definition) is 2. The maximum Gasteiger partial charge on any atom is 0.274 e. The minimum Gasteiger partial charge on any atom is -0.393 e. The molecular formula is C19H23N3O3. The van der Waals surface area contributed by atoms with Gasteiger partial charge < -0.3 is 14.9 Å². The minimum absolute atomic E-state index is 0.0192. The zero-order chi connectivity index (χ0) is 17.2. The summed E-state index contributed by atoms with van der Waals surface area (Å²) in [4.78, 5) is 16.8. The first-order valence-electron chi connectivity index (χ1n) is 9.06. The molecule has 1 fully saturated rings. The number of hydrogen-bond acceptors (Lipinski definition) is 5. The third-order valence-electron chi connectivity index (χ3n) is 5.41. The fourth-order valence-corrected chi connectivity index (χ4v) is 3.87. The van der Waals surface area contributed by atoms with Gasteiger partial charge in [-0.15, -0.1) is 0 Å². The quantitative estimate of drug-likeness (QED) is 0.869. The number of aliphatic hydroxyl groups excluding tert-OH is 1. The van der Waals surface area contributed by atoms with E-state index in [1.807, 2.05) is 12.1 Å². The monoisotopic (exact) mass is 341 g/mol. The molecule has 2 aliphatic rings. The van der Waals surface area contributed by atoms with Crippen molar-refractivity contribution in [1.82, 2.24) is 15.5 Å². The Hall–Kier alpha value is -2.21. The smallest absolute Gasteiger partial charge is 0.274 e. The summed E-state index contributed by atoms with van der Waals surface area (Å²) in [5.41, 5.74) is 2.54. The average Bonchev–Trinajstić information content (AvgIpc) is 3.03. The van der Waals surface area contributed by atoms with E-state index in [4.69, 9.17) is 4.52 Å². The van der Waals surface area contributed by atoms with Gasteiger partial charge in [0, 0.05) is 30.4 Å². The van der Waals surface area contributed by atoms with Crippen LogP contribution in [-0.2, 0) is 19.3 Å². The van der Waals surface area contributed by atoms with Crippen molar-refractivity contribution in [2.45, 2.75) is 57.1 Å². The third kappa shape index (κ3) is 3.44. The maximum atomic E-state index is 12.8. The fourth-order valence-electron chi connectivity index (χ4n) is 3.87. The van der Waals surface area contributed by atoms with Gasteiger partial charge in [-0.05, 0) is 62.1 Å². The molecule has 2 N–H and O–H groups in total. The average molecular weight is 341 g/mol. The molecule has 4 rings (SSSR count). The van der Waals surface area contributed by atoms with E-state index in [1.165, 1.54) is 0 Å². The molecule has 0 aromatic carbocycles. The van der Waals surface area contributed by atoms with Gasteiger partial charge >= 0.3 is 0 Å². The zero-order valence-corrected chi connectivity index (χ0v) is 14.1. The molecule has 0 unspecified atom stereocenters. The molecule has 0 aliphatic heterocycles. The molecule has 2 aromatic rings. The number of pyridine rings is 1. The first-order valence-corrected chi connectivity index (χ1v) is 9.06. The van der Waals surface area contributed by atoms with Gasteiger partial charge in [-0.3, -0.25) is 9.78 Å². The lowest BCUT2D eigenvalue weighted by Crippen LogP contribution is -2.48. The van der Waals surface area contributed by atoms with Crippen LogP contribution >= 0.6 is 0 Å². The van der Waals surface area contributed by atoms with Crippen molar-refractivity contribution in [1.29, 1.82) is 0 Å². The highest BCUT2D eigenvalue weighted by atomic mass is 16.5. The van der Waals surface area contributed by atoms with Gasteiger partial charge in [0.25, 0.3) is 5.91 Å². The number of aromatic nitrogens is 2. The van der Waals surface area contributed by atoms with E-state index in [-0.39, 0.29) is 24.0 Å². The van der Waals surface area contributed by atoms with Crippen molar-refractivity contribution in [3.8, 4) is 0 Å². The van der Waals surface area contributed by atoms with Crippen molar-refractivity contribution < 1.29 is 14.4 Å². The normalized spacial score (nSPS) is 23.4. The Labute approximate surface area is 146 Å². The van der Waals surface area contributed by atoms with Crippen molar-refractivity contribution in [2.75, 3.05) is 0 Å². The minimum atomic E-state index is -0.248. The molecule has 25 heavy (non-hydrogen) atoms. The number of fused-ring (bicyclic) bond motifs is 1. The number of nitrogens with zero attached hydrogens (tertiary/aromatic N) is 2. The van der Waals surface area contributed by atoms with E-state index in [1.54, 1.807) is 12.4 Å². The predicted molar refractivity (Wildman–Crippen MR) is 91.1 cm³/mol. The Balaban J connectivity index is 1.50. The summed E-state index contributed by atoms with van der Waals surface area (Å²) in [5, 5.41) is 16.8. The summed E-state index contributed by atoms with van der Waals surface area (Å²) >= 11 is 0. The Kier molecular flexibility index (Phi) is 4.53. The molecule has 0 radical (unpaired) electrons. The SMILES string of the molecule is O=C(N[C@H](Cc1ccncc1)C1CC(O)C1)c1noc2c1CCCC2. The molecule has 1 atom stereocenters. The van der Waals surface area contributed by atoms with Crippen LogP contribution < -0.4 is 5.32 Å². The first-order chi connectivity index (χ1) is 12.2. The predicted octanol–water partition coefficient (Wildman–Crippen LogP) is 2.06. The van der Waals surface area contributed by atoms with Crippen LogP contribution in [0.25, 0.3) is 0 Å².